The summed E-state index contributed by atoms with van der Waals surface area (Å²) in [4.78, 5) is 8.60. The summed E-state index contributed by atoms with van der Waals surface area (Å²) in [6, 6.07) is 31.6. The predicted octanol–water partition coefficient (Wildman–Crippen LogP) is 14.8. The van der Waals surface area contributed by atoms with Crippen LogP contribution >= 0.6 is 0 Å². The van der Waals surface area contributed by atoms with Crippen LogP contribution in [0.5, 0.6) is 11.5 Å². The van der Waals surface area contributed by atoms with Crippen molar-refractivity contribution in [3.05, 3.63) is 154 Å². The highest BCUT2D eigenvalue weighted by Gasteiger charge is 2.26. The molecule has 1 aliphatic rings. The number of benzene rings is 5. The highest BCUT2D eigenvalue weighted by molar-refractivity contribution is 6.09. The van der Waals surface area contributed by atoms with Gasteiger partial charge in [-0.1, -0.05) is 98.7 Å². The highest BCUT2D eigenvalue weighted by Crippen LogP contribution is 2.41. The van der Waals surface area contributed by atoms with Gasteiger partial charge in [-0.3, -0.25) is 4.57 Å². The molecule has 0 N–H and O–H groups in total. The standard InChI is InChI=1S/C55H62N4O/c1-34-35(2)37(4)52(38(5)36(34)3)58-26-25-57(33-58)42-28-41(54(9,10)11)29-44(31-42)60-43-20-22-47-46-17-15-16-18-49(46)59(50(47)32-43)51-27-39(23-24-56-51)45-21-19-40(53(6,7)8)30-48(45)55(12,13)14/h15-32H,33H2,1-14H3/i1D3,2D3,4D3. The number of anilines is 2. The molecule has 1 aliphatic heterocycles. The average Bonchev–Trinajstić information content (AvgIpc) is 3.85. The summed E-state index contributed by atoms with van der Waals surface area (Å²) in [7, 11) is 0. The van der Waals surface area contributed by atoms with E-state index in [1.165, 1.54) is 16.7 Å². The Balaban J connectivity index is 1.20. The molecule has 0 atom stereocenters. The van der Waals surface area contributed by atoms with Gasteiger partial charge in [0, 0.05) is 65.2 Å². The number of rotatable bonds is 6. The first-order valence-electron chi connectivity index (χ1n) is 25.2. The molecule has 3 heterocycles. The Morgan fingerprint density at radius 2 is 1.28 bits per heavy atom. The molecule has 5 aromatic carbocycles. The van der Waals surface area contributed by atoms with E-state index in [4.69, 9.17) is 22.1 Å². The first kappa shape index (κ1) is 31.1. The maximum absolute atomic E-state index is 8.57. The Kier molecular flexibility index (Phi) is 7.64. The minimum absolute atomic E-state index is 0.00635. The van der Waals surface area contributed by atoms with E-state index < -0.39 is 37.2 Å². The van der Waals surface area contributed by atoms with Crippen molar-refractivity contribution in [1.82, 2.24) is 9.55 Å². The maximum Gasteiger partial charge on any atom is 0.138 e. The van der Waals surface area contributed by atoms with Crippen LogP contribution < -0.4 is 14.5 Å². The van der Waals surface area contributed by atoms with Gasteiger partial charge < -0.3 is 14.5 Å². The van der Waals surface area contributed by atoms with Crippen LogP contribution in [0.4, 0.5) is 11.4 Å². The topological polar surface area (TPSA) is 33.5 Å². The summed E-state index contributed by atoms with van der Waals surface area (Å²) >= 11 is 0. The number of para-hydroxylation sites is 1. The molecule has 2 aromatic heterocycles. The fourth-order valence-corrected chi connectivity index (χ4v) is 8.30. The molecule has 0 radical (unpaired) electrons. The van der Waals surface area contributed by atoms with Crippen LogP contribution in [0.3, 0.4) is 0 Å². The van der Waals surface area contributed by atoms with E-state index in [0.717, 1.165) is 44.4 Å². The van der Waals surface area contributed by atoms with Crippen LogP contribution in [0.25, 0.3) is 38.8 Å². The fourth-order valence-electron chi connectivity index (χ4n) is 8.30. The zero-order valence-electron chi connectivity index (χ0n) is 45.8. The maximum atomic E-state index is 8.57. The number of fused-ring (bicyclic) bond motifs is 3. The van der Waals surface area contributed by atoms with Crippen LogP contribution in [0, 0.1) is 34.4 Å². The van der Waals surface area contributed by atoms with Crippen LogP contribution in [0.2, 0.25) is 0 Å². The van der Waals surface area contributed by atoms with Crippen LogP contribution in [-0.4, -0.2) is 16.2 Å². The van der Waals surface area contributed by atoms with Gasteiger partial charge in [-0.25, -0.2) is 4.98 Å². The fraction of sp³-hybridized carbons (Fsp3) is 0.327. The van der Waals surface area contributed by atoms with E-state index in [2.05, 4.69) is 128 Å². The van der Waals surface area contributed by atoms with Gasteiger partial charge in [-0.05, 0) is 149 Å². The Morgan fingerprint density at radius 1 is 0.583 bits per heavy atom. The molecule has 0 spiro atoms. The molecule has 308 valence electrons. The SMILES string of the molecule is [2H]C([2H])([2H])c1c(C)c(C)c(N2C=CN(c3cc(Oc4ccc5c6ccccc6n(-c6cc(-c7ccc(C(C)(C)C)cc7C(C)(C)C)ccn6)c5c4)cc(C(C)(C)C)c3)C2)c(C([2H])([2H])[2H])c1C([2H])([2H])[2H]. The molecule has 0 fully saturated rings. The summed E-state index contributed by atoms with van der Waals surface area (Å²) in [5, 5.41) is 2.14. The van der Waals surface area contributed by atoms with Crippen LogP contribution in [0.1, 0.15) is 119 Å². The van der Waals surface area contributed by atoms with Crippen molar-refractivity contribution in [3.8, 4) is 28.4 Å². The third kappa shape index (κ3) is 7.37. The van der Waals surface area contributed by atoms with E-state index in [0.29, 0.717) is 17.1 Å². The highest BCUT2D eigenvalue weighted by atomic mass is 16.5. The van der Waals surface area contributed by atoms with Crippen molar-refractivity contribution < 1.29 is 17.1 Å². The first-order chi connectivity index (χ1) is 31.8. The summed E-state index contributed by atoms with van der Waals surface area (Å²) in [6.07, 6.45) is 5.40. The minimum atomic E-state index is -3.01. The van der Waals surface area contributed by atoms with Gasteiger partial charge in [0.2, 0.25) is 0 Å². The second-order valence-corrected chi connectivity index (χ2v) is 19.4. The summed E-state index contributed by atoms with van der Waals surface area (Å²) in [6.45, 7) is 14.4. The molecule has 60 heavy (non-hydrogen) atoms. The largest absolute Gasteiger partial charge is 0.457 e. The van der Waals surface area contributed by atoms with Crippen LogP contribution in [-0.2, 0) is 16.2 Å². The second kappa shape index (κ2) is 14.7. The predicted molar refractivity (Wildman–Crippen MR) is 256 cm³/mol. The van der Waals surface area contributed by atoms with Crippen molar-refractivity contribution in [3.63, 3.8) is 0 Å². The number of nitrogens with zero attached hydrogens (tertiary/aromatic N) is 4. The Hall–Kier alpha value is -5.81. The molecule has 5 heteroatoms. The zero-order valence-corrected chi connectivity index (χ0v) is 36.8. The van der Waals surface area contributed by atoms with Gasteiger partial charge in [-0.2, -0.15) is 0 Å². The first-order valence-corrected chi connectivity index (χ1v) is 20.7. The lowest BCUT2D eigenvalue weighted by molar-refractivity contribution is 0.479. The normalized spacial score (nSPS) is 16.5. The molecule has 8 rings (SSSR count). The van der Waals surface area contributed by atoms with E-state index in [9.17, 15) is 0 Å². The van der Waals surface area contributed by atoms with Gasteiger partial charge in [0.1, 0.15) is 17.3 Å². The molecule has 0 saturated carbocycles. The van der Waals surface area contributed by atoms with E-state index >= 15 is 0 Å². The molecule has 0 saturated heterocycles. The van der Waals surface area contributed by atoms with Crippen molar-refractivity contribution in [2.45, 2.75) is 113 Å². The van der Waals surface area contributed by atoms with Gasteiger partial charge in [0.05, 0.1) is 17.7 Å². The van der Waals surface area contributed by atoms with E-state index in [1.807, 2.05) is 47.6 Å². The smallest absolute Gasteiger partial charge is 0.138 e. The molecular weight excluding hydrogens is 733 g/mol. The monoisotopic (exact) mass is 804 g/mol. The number of hydrogen-bond donors (Lipinski definition) is 0. The van der Waals surface area contributed by atoms with Crippen molar-refractivity contribution in [2.75, 3.05) is 16.5 Å². The Morgan fingerprint density at radius 3 is 2.00 bits per heavy atom. The van der Waals surface area contributed by atoms with Gasteiger partial charge >= 0.3 is 0 Å². The third-order valence-electron chi connectivity index (χ3n) is 12.0. The molecule has 5 nitrogen and oxygen atoms in total. The zero-order chi connectivity index (χ0) is 50.6. The summed E-state index contributed by atoms with van der Waals surface area (Å²) < 4.78 is 84.7. The minimum Gasteiger partial charge on any atom is -0.457 e. The van der Waals surface area contributed by atoms with Crippen molar-refractivity contribution in [1.29, 1.82) is 0 Å². The molecule has 0 bridgehead atoms. The number of aromatic nitrogens is 2. The van der Waals surface area contributed by atoms with Gasteiger partial charge in [0.15, 0.2) is 0 Å². The Labute approximate surface area is 371 Å². The van der Waals surface area contributed by atoms with Crippen LogP contribution in [0.15, 0.2) is 110 Å². The van der Waals surface area contributed by atoms with Crippen molar-refractivity contribution in [2.24, 2.45) is 0 Å². The third-order valence-corrected chi connectivity index (χ3v) is 12.0. The van der Waals surface area contributed by atoms with Gasteiger partial charge in [0.25, 0.3) is 0 Å². The van der Waals surface area contributed by atoms with E-state index in [-0.39, 0.29) is 34.2 Å². The molecule has 0 aliphatic carbocycles. The number of ether oxygens (including phenoxy) is 1. The van der Waals surface area contributed by atoms with Gasteiger partial charge in [-0.15, -0.1) is 0 Å². The lowest BCUT2D eigenvalue weighted by atomic mass is 9.77. The quantitative estimate of drug-likeness (QED) is 0.168. The summed E-state index contributed by atoms with van der Waals surface area (Å²) in [5.41, 5.74) is 7.34. The average molecular weight is 804 g/mol. The molecular formula is C55H62N4O. The number of pyridine rings is 1. The summed E-state index contributed by atoms with van der Waals surface area (Å²) in [5.74, 6) is 1.98. The lowest BCUT2D eigenvalue weighted by Crippen LogP contribution is -2.26. The Bertz CT molecular complexity index is 3170. The molecule has 0 amide bonds. The van der Waals surface area contributed by atoms with E-state index in [1.54, 1.807) is 24.9 Å². The van der Waals surface area contributed by atoms with Crippen molar-refractivity contribution >= 4 is 33.2 Å². The number of hydrogen-bond acceptors (Lipinski definition) is 4. The second-order valence-electron chi connectivity index (χ2n) is 19.4. The molecule has 0 unspecified atom stereocenters. The lowest BCUT2D eigenvalue weighted by Gasteiger charge is -2.28. The molecule has 7 aromatic rings.